The summed E-state index contributed by atoms with van der Waals surface area (Å²) in [4.78, 5) is 25.5. The van der Waals surface area contributed by atoms with Crippen LogP contribution < -0.4 is 10.9 Å². The number of benzene rings is 1. The molecule has 1 N–H and O–H groups in total. The number of fused-ring (bicyclic) bond motifs is 1. The number of rotatable bonds is 6. The predicted molar refractivity (Wildman–Crippen MR) is 115 cm³/mol. The van der Waals surface area contributed by atoms with Crippen molar-refractivity contribution in [1.29, 1.82) is 0 Å². The monoisotopic (exact) mass is 422 g/mol. The molecule has 0 aliphatic carbocycles. The fourth-order valence-electron chi connectivity index (χ4n) is 3.22. The van der Waals surface area contributed by atoms with Crippen LogP contribution in [-0.4, -0.2) is 36.6 Å². The minimum atomic E-state index is -0.395. The van der Waals surface area contributed by atoms with Crippen molar-refractivity contribution >= 4 is 28.4 Å². The zero-order chi connectivity index (χ0) is 21.3. The second-order valence-corrected chi connectivity index (χ2v) is 7.10. The number of amides is 1. The van der Waals surface area contributed by atoms with Crippen LogP contribution in [0.3, 0.4) is 0 Å². The molecule has 152 valence electrons. The van der Waals surface area contributed by atoms with Crippen LogP contribution in [0, 0.1) is 6.92 Å². The summed E-state index contributed by atoms with van der Waals surface area (Å²) in [5.41, 5.74) is 1.37. The first-order valence-electron chi connectivity index (χ1n) is 9.27. The Hall–Kier alpha value is -3.65. The first-order chi connectivity index (χ1) is 14.5. The van der Waals surface area contributed by atoms with E-state index in [2.05, 4.69) is 22.1 Å². The van der Waals surface area contributed by atoms with Gasteiger partial charge in [-0.15, -0.1) is 6.58 Å². The number of carbonyl (C=O) groups is 1. The molecule has 0 saturated carbocycles. The van der Waals surface area contributed by atoms with Gasteiger partial charge in [-0.2, -0.15) is 10.2 Å². The van der Waals surface area contributed by atoms with E-state index in [1.165, 1.54) is 0 Å². The van der Waals surface area contributed by atoms with Crippen molar-refractivity contribution in [2.24, 2.45) is 0 Å². The highest BCUT2D eigenvalue weighted by Gasteiger charge is 2.22. The lowest BCUT2D eigenvalue weighted by Crippen LogP contribution is -2.34. The Morgan fingerprint density at radius 2 is 1.90 bits per heavy atom. The number of hydrogen-bond acceptors (Lipinski definition) is 4. The van der Waals surface area contributed by atoms with Crippen LogP contribution in [0.15, 0.2) is 66.2 Å². The molecule has 3 aromatic heterocycles. The lowest BCUT2D eigenvalue weighted by Gasteiger charge is -2.09. The molecule has 0 saturated heterocycles. The van der Waals surface area contributed by atoms with Crippen LogP contribution in [0.5, 0.6) is 0 Å². The fraction of sp³-hybridized carbons (Fsp3) is 0.143. The number of carbonyl (C=O) groups excluding carboxylic acids is 1. The van der Waals surface area contributed by atoms with Crippen LogP contribution >= 0.6 is 11.6 Å². The third-order valence-corrected chi connectivity index (χ3v) is 4.83. The van der Waals surface area contributed by atoms with Crippen LogP contribution in [0.2, 0.25) is 5.02 Å². The number of hydrogen-bond donors (Lipinski definition) is 1. The molecule has 30 heavy (non-hydrogen) atoms. The van der Waals surface area contributed by atoms with E-state index in [1.54, 1.807) is 29.8 Å². The average molecular weight is 423 g/mol. The van der Waals surface area contributed by atoms with E-state index in [1.807, 2.05) is 41.2 Å². The Balaban J connectivity index is 1.95. The average Bonchev–Trinajstić information content (AvgIpc) is 3.38. The Kier molecular flexibility index (Phi) is 5.24. The summed E-state index contributed by atoms with van der Waals surface area (Å²) in [5, 5.41) is 12.6. The number of halogens is 1. The number of aryl methyl sites for hydroxylation is 1. The summed E-state index contributed by atoms with van der Waals surface area (Å²) in [5.74, 6) is 0.240. The number of nitrogens with zero attached hydrogens (tertiary/aromatic N) is 5. The Morgan fingerprint density at radius 3 is 2.57 bits per heavy atom. The lowest BCUT2D eigenvalue weighted by atomic mass is 10.2. The van der Waals surface area contributed by atoms with E-state index in [-0.39, 0.29) is 12.5 Å². The maximum Gasteiger partial charge on any atom is 0.280 e. The summed E-state index contributed by atoms with van der Waals surface area (Å²) in [6.07, 6.45) is 5.24. The molecule has 8 nitrogen and oxygen atoms in total. The van der Waals surface area contributed by atoms with Crippen molar-refractivity contribution in [2.45, 2.75) is 13.5 Å². The van der Waals surface area contributed by atoms with Gasteiger partial charge in [0.1, 0.15) is 17.4 Å². The first-order valence-corrected chi connectivity index (χ1v) is 9.64. The number of aromatic nitrogens is 5. The molecule has 4 aromatic rings. The van der Waals surface area contributed by atoms with Gasteiger partial charge in [0.2, 0.25) is 5.91 Å². The molecule has 0 aliphatic rings. The lowest BCUT2D eigenvalue weighted by molar-refractivity contribution is -0.121. The smallest absolute Gasteiger partial charge is 0.280 e. The highest BCUT2D eigenvalue weighted by atomic mass is 35.5. The zero-order valence-corrected chi connectivity index (χ0v) is 17.0. The highest BCUT2D eigenvalue weighted by Crippen LogP contribution is 2.25. The minimum absolute atomic E-state index is 0.194. The molecule has 0 radical (unpaired) electrons. The quantitative estimate of drug-likeness (QED) is 0.484. The van der Waals surface area contributed by atoms with E-state index in [0.29, 0.717) is 34.0 Å². The standard InChI is InChI=1S/C21H19ClN6O2/c1-3-10-23-17(29)13-27-21(30)18-19(14(2)24-27)25-28(16-8-6-15(22)7-9-16)20(18)26-11-4-5-12-26/h3-9,11-12H,1,10,13H2,2H3,(H,23,29). The SMILES string of the molecule is C=CCNC(=O)Cn1nc(C)c2nn(-c3ccc(Cl)cc3)c(-n3cccc3)c2c1=O. The third-order valence-electron chi connectivity index (χ3n) is 4.58. The Bertz CT molecular complexity index is 1290. The summed E-state index contributed by atoms with van der Waals surface area (Å²) in [6.45, 7) is 5.45. The molecule has 0 fully saturated rings. The van der Waals surface area contributed by atoms with E-state index >= 15 is 0 Å². The van der Waals surface area contributed by atoms with E-state index in [9.17, 15) is 9.59 Å². The summed E-state index contributed by atoms with van der Waals surface area (Å²) in [7, 11) is 0. The third kappa shape index (κ3) is 3.53. The maximum absolute atomic E-state index is 13.3. The number of nitrogens with one attached hydrogen (secondary N) is 1. The Morgan fingerprint density at radius 1 is 1.20 bits per heavy atom. The van der Waals surface area contributed by atoms with Crippen LogP contribution in [0.4, 0.5) is 0 Å². The predicted octanol–water partition coefficient (Wildman–Crippen LogP) is 2.64. The van der Waals surface area contributed by atoms with Crippen LogP contribution in [0.1, 0.15) is 5.69 Å². The van der Waals surface area contributed by atoms with Crippen molar-refractivity contribution in [3.63, 3.8) is 0 Å². The Labute approximate surface area is 177 Å². The topological polar surface area (TPSA) is 86.7 Å². The van der Waals surface area contributed by atoms with Gasteiger partial charge in [-0.3, -0.25) is 9.59 Å². The van der Waals surface area contributed by atoms with Crippen molar-refractivity contribution in [2.75, 3.05) is 6.54 Å². The van der Waals surface area contributed by atoms with Crippen molar-refractivity contribution < 1.29 is 4.79 Å². The van der Waals surface area contributed by atoms with Crippen molar-refractivity contribution in [3.05, 3.63) is 82.5 Å². The minimum Gasteiger partial charge on any atom is -0.351 e. The fourth-order valence-corrected chi connectivity index (χ4v) is 3.35. The van der Waals surface area contributed by atoms with Gasteiger partial charge in [-0.1, -0.05) is 17.7 Å². The molecule has 1 amide bonds. The van der Waals surface area contributed by atoms with E-state index in [4.69, 9.17) is 11.6 Å². The van der Waals surface area contributed by atoms with Gasteiger partial charge in [-0.25, -0.2) is 9.36 Å². The van der Waals surface area contributed by atoms with E-state index in [0.717, 1.165) is 10.4 Å². The van der Waals surface area contributed by atoms with Crippen LogP contribution in [0.25, 0.3) is 22.4 Å². The molecular weight excluding hydrogens is 404 g/mol. The van der Waals surface area contributed by atoms with Gasteiger partial charge >= 0.3 is 0 Å². The first kappa shape index (κ1) is 19.7. The maximum atomic E-state index is 13.3. The largest absolute Gasteiger partial charge is 0.351 e. The normalized spacial score (nSPS) is 11.0. The highest BCUT2D eigenvalue weighted by molar-refractivity contribution is 6.30. The van der Waals surface area contributed by atoms with Gasteiger partial charge < -0.3 is 9.88 Å². The second kappa shape index (κ2) is 8.00. The van der Waals surface area contributed by atoms with Gasteiger partial charge in [0.25, 0.3) is 5.56 Å². The molecule has 9 heteroatoms. The molecule has 3 heterocycles. The summed E-state index contributed by atoms with van der Waals surface area (Å²) in [6, 6.07) is 10.9. The zero-order valence-electron chi connectivity index (χ0n) is 16.2. The summed E-state index contributed by atoms with van der Waals surface area (Å²) >= 11 is 6.03. The van der Waals surface area contributed by atoms with Crippen LogP contribution in [-0.2, 0) is 11.3 Å². The van der Waals surface area contributed by atoms with Gasteiger partial charge in [0, 0.05) is 24.0 Å². The van der Waals surface area contributed by atoms with Gasteiger partial charge in [0.15, 0.2) is 5.82 Å². The molecule has 4 rings (SSSR count). The molecule has 0 aliphatic heterocycles. The van der Waals surface area contributed by atoms with Crippen molar-refractivity contribution in [1.82, 2.24) is 29.4 Å². The molecule has 0 atom stereocenters. The molecule has 1 aromatic carbocycles. The van der Waals surface area contributed by atoms with Gasteiger partial charge in [0.05, 0.1) is 11.4 Å². The second-order valence-electron chi connectivity index (χ2n) is 6.67. The summed E-state index contributed by atoms with van der Waals surface area (Å²) < 4.78 is 4.66. The molecule has 0 bridgehead atoms. The molecule has 0 unspecified atom stereocenters. The molecular formula is C21H19ClN6O2. The van der Waals surface area contributed by atoms with Gasteiger partial charge in [-0.05, 0) is 43.3 Å². The van der Waals surface area contributed by atoms with Crippen molar-refractivity contribution in [3.8, 4) is 11.5 Å². The molecule has 0 spiro atoms. The van der Waals surface area contributed by atoms with E-state index < -0.39 is 5.56 Å².